The Balaban J connectivity index is 1.76. The Hall–Kier alpha value is -2.86. The van der Waals surface area contributed by atoms with Crippen LogP contribution in [0.25, 0.3) is 11.0 Å². The fourth-order valence-electron chi connectivity index (χ4n) is 1.94. The van der Waals surface area contributed by atoms with Gasteiger partial charge in [-0.1, -0.05) is 11.6 Å². The molecule has 0 saturated carbocycles. The number of rotatable bonds is 3. The summed E-state index contributed by atoms with van der Waals surface area (Å²) in [5.41, 5.74) is 2.07. The van der Waals surface area contributed by atoms with Crippen LogP contribution < -0.4 is 15.4 Å². The predicted molar refractivity (Wildman–Crippen MR) is 89.1 cm³/mol. The monoisotopic (exact) mass is 328 g/mol. The lowest BCUT2D eigenvalue weighted by molar-refractivity contribution is 0.254. The molecule has 7 heteroatoms. The highest BCUT2D eigenvalue weighted by atomic mass is 35.5. The Morgan fingerprint density at radius 2 is 1.91 bits per heavy atom. The van der Waals surface area contributed by atoms with Crippen LogP contribution >= 0.6 is 11.6 Å². The summed E-state index contributed by atoms with van der Waals surface area (Å²) in [7, 11) is 1.55. The SMILES string of the molecule is CNC(=O)Nc1ccc(Oc2cnc3cc(Cl)ccc3n2)cc1. The highest BCUT2D eigenvalue weighted by Crippen LogP contribution is 2.23. The number of carbonyl (C=O) groups excluding carboxylic acids is 1. The molecule has 3 rings (SSSR count). The second kappa shape index (κ2) is 6.50. The van der Waals surface area contributed by atoms with Crippen LogP contribution in [-0.2, 0) is 0 Å². The van der Waals surface area contributed by atoms with Crippen molar-refractivity contribution < 1.29 is 9.53 Å². The van der Waals surface area contributed by atoms with Gasteiger partial charge in [-0.05, 0) is 42.5 Å². The van der Waals surface area contributed by atoms with E-state index < -0.39 is 0 Å². The minimum absolute atomic E-state index is 0.280. The van der Waals surface area contributed by atoms with E-state index in [2.05, 4.69) is 20.6 Å². The van der Waals surface area contributed by atoms with Gasteiger partial charge in [-0.15, -0.1) is 0 Å². The molecule has 0 fully saturated rings. The van der Waals surface area contributed by atoms with Crippen LogP contribution in [0.4, 0.5) is 10.5 Å². The van der Waals surface area contributed by atoms with E-state index in [-0.39, 0.29) is 6.03 Å². The number of nitrogens with one attached hydrogen (secondary N) is 2. The van der Waals surface area contributed by atoms with Crippen LogP contribution in [0.5, 0.6) is 11.6 Å². The van der Waals surface area contributed by atoms with Crippen molar-refractivity contribution in [3.8, 4) is 11.6 Å². The number of carbonyl (C=O) groups is 1. The average Bonchev–Trinajstić information content (AvgIpc) is 2.56. The quantitative estimate of drug-likeness (QED) is 0.766. The molecule has 2 aromatic carbocycles. The maximum absolute atomic E-state index is 11.2. The van der Waals surface area contributed by atoms with E-state index >= 15 is 0 Å². The molecule has 0 unspecified atom stereocenters. The molecule has 0 spiro atoms. The van der Waals surface area contributed by atoms with Gasteiger partial charge in [0.05, 0.1) is 17.2 Å². The first-order chi connectivity index (χ1) is 11.1. The lowest BCUT2D eigenvalue weighted by Gasteiger charge is -2.07. The summed E-state index contributed by atoms with van der Waals surface area (Å²) in [6.07, 6.45) is 1.54. The van der Waals surface area contributed by atoms with Gasteiger partial charge in [0.25, 0.3) is 0 Å². The van der Waals surface area contributed by atoms with Gasteiger partial charge in [-0.3, -0.25) is 0 Å². The summed E-state index contributed by atoms with van der Waals surface area (Å²) in [6.45, 7) is 0. The number of ether oxygens (including phenoxy) is 1. The Morgan fingerprint density at radius 1 is 1.13 bits per heavy atom. The van der Waals surface area contributed by atoms with Crippen molar-refractivity contribution >= 4 is 34.4 Å². The number of hydrogen-bond donors (Lipinski definition) is 2. The highest BCUT2D eigenvalue weighted by Gasteiger charge is 2.04. The molecule has 0 aliphatic rings. The number of anilines is 1. The van der Waals surface area contributed by atoms with Gasteiger partial charge >= 0.3 is 6.03 Å². The number of halogens is 1. The molecule has 0 aliphatic heterocycles. The van der Waals surface area contributed by atoms with Crippen molar-refractivity contribution in [1.82, 2.24) is 15.3 Å². The Bertz CT molecular complexity index is 852. The van der Waals surface area contributed by atoms with Gasteiger partial charge in [0.2, 0.25) is 5.88 Å². The Labute approximate surface area is 137 Å². The van der Waals surface area contributed by atoms with Crippen molar-refractivity contribution in [2.24, 2.45) is 0 Å². The molecule has 116 valence electrons. The molecule has 2 amide bonds. The van der Waals surface area contributed by atoms with Gasteiger partial charge < -0.3 is 15.4 Å². The summed E-state index contributed by atoms with van der Waals surface area (Å²) in [4.78, 5) is 19.9. The second-order valence-corrected chi connectivity index (χ2v) is 5.11. The average molecular weight is 329 g/mol. The number of benzene rings is 2. The number of amides is 2. The predicted octanol–water partition coefficient (Wildman–Crippen LogP) is 3.83. The van der Waals surface area contributed by atoms with Crippen LogP contribution in [0.1, 0.15) is 0 Å². The zero-order valence-corrected chi connectivity index (χ0v) is 13.0. The van der Waals surface area contributed by atoms with Gasteiger partial charge in [0, 0.05) is 17.8 Å². The molecule has 6 nitrogen and oxygen atoms in total. The van der Waals surface area contributed by atoms with Crippen molar-refractivity contribution in [3.63, 3.8) is 0 Å². The highest BCUT2D eigenvalue weighted by molar-refractivity contribution is 6.31. The summed E-state index contributed by atoms with van der Waals surface area (Å²) in [5, 5.41) is 5.76. The first-order valence-electron chi connectivity index (χ1n) is 6.83. The molecule has 2 N–H and O–H groups in total. The van der Waals surface area contributed by atoms with Gasteiger partial charge in [0.15, 0.2) is 0 Å². The molecule has 1 heterocycles. The lowest BCUT2D eigenvalue weighted by Crippen LogP contribution is -2.24. The Kier molecular flexibility index (Phi) is 4.25. The minimum atomic E-state index is -0.280. The summed E-state index contributed by atoms with van der Waals surface area (Å²) in [5.74, 6) is 0.974. The van der Waals surface area contributed by atoms with Crippen LogP contribution in [0, 0.1) is 0 Å². The van der Waals surface area contributed by atoms with Crippen molar-refractivity contribution in [2.45, 2.75) is 0 Å². The van der Waals surface area contributed by atoms with Gasteiger partial charge in [0.1, 0.15) is 5.75 Å². The topological polar surface area (TPSA) is 76.1 Å². The minimum Gasteiger partial charge on any atom is -0.437 e. The summed E-state index contributed by atoms with van der Waals surface area (Å²) >= 11 is 5.92. The van der Waals surface area contributed by atoms with E-state index in [4.69, 9.17) is 16.3 Å². The van der Waals surface area contributed by atoms with E-state index in [1.807, 2.05) is 0 Å². The lowest BCUT2D eigenvalue weighted by atomic mass is 10.3. The van der Waals surface area contributed by atoms with Crippen molar-refractivity contribution in [1.29, 1.82) is 0 Å². The van der Waals surface area contributed by atoms with E-state index in [1.54, 1.807) is 49.5 Å². The molecular formula is C16H13ClN4O2. The zero-order valence-electron chi connectivity index (χ0n) is 12.2. The van der Waals surface area contributed by atoms with Crippen molar-refractivity contribution in [2.75, 3.05) is 12.4 Å². The normalized spacial score (nSPS) is 10.3. The third kappa shape index (κ3) is 3.67. The molecule has 23 heavy (non-hydrogen) atoms. The largest absolute Gasteiger partial charge is 0.437 e. The molecule has 0 saturated heterocycles. The van der Waals surface area contributed by atoms with E-state index in [9.17, 15) is 4.79 Å². The number of urea groups is 1. The van der Waals surface area contributed by atoms with Crippen LogP contribution in [-0.4, -0.2) is 23.0 Å². The Morgan fingerprint density at radius 3 is 2.65 bits per heavy atom. The van der Waals surface area contributed by atoms with E-state index in [0.717, 1.165) is 0 Å². The fraction of sp³-hybridized carbons (Fsp3) is 0.0625. The number of hydrogen-bond acceptors (Lipinski definition) is 4. The smallest absolute Gasteiger partial charge is 0.318 e. The third-order valence-electron chi connectivity index (χ3n) is 3.04. The van der Waals surface area contributed by atoms with Crippen LogP contribution in [0.2, 0.25) is 5.02 Å². The number of aromatic nitrogens is 2. The molecule has 1 aromatic heterocycles. The number of nitrogens with zero attached hydrogens (tertiary/aromatic N) is 2. The summed E-state index contributed by atoms with van der Waals surface area (Å²) in [6, 6.07) is 11.9. The number of fused-ring (bicyclic) bond motifs is 1. The maximum atomic E-state index is 11.2. The van der Waals surface area contributed by atoms with Crippen LogP contribution in [0.15, 0.2) is 48.7 Å². The van der Waals surface area contributed by atoms with Crippen molar-refractivity contribution in [3.05, 3.63) is 53.7 Å². The maximum Gasteiger partial charge on any atom is 0.318 e. The first kappa shape index (κ1) is 15.1. The van der Waals surface area contributed by atoms with E-state index in [1.165, 1.54) is 6.20 Å². The second-order valence-electron chi connectivity index (χ2n) is 4.67. The molecular weight excluding hydrogens is 316 g/mol. The molecule has 0 aliphatic carbocycles. The molecule has 0 bridgehead atoms. The zero-order chi connectivity index (χ0) is 16.2. The van der Waals surface area contributed by atoms with Crippen LogP contribution in [0.3, 0.4) is 0 Å². The molecule has 3 aromatic rings. The summed E-state index contributed by atoms with van der Waals surface area (Å²) < 4.78 is 5.67. The van der Waals surface area contributed by atoms with E-state index in [0.29, 0.717) is 33.4 Å². The standard InChI is InChI=1S/C16H13ClN4O2/c1-18-16(22)20-11-3-5-12(6-4-11)23-15-9-19-14-8-10(17)2-7-13(14)21-15/h2-9H,1H3,(H2,18,20,22). The third-order valence-corrected chi connectivity index (χ3v) is 3.28. The van der Waals surface area contributed by atoms with Gasteiger partial charge in [-0.2, -0.15) is 0 Å². The molecule has 0 atom stereocenters. The van der Waals surface area contributed by atoms with Gasteiger partial charge in [-0.25, -0.2) is 14.8 Å². The molecule has 0 radical (unpaired) electrons. The first-order valence-corrected chi connectivity index (χ1v) is 7.21. The fourth-order valence-corrected chi connectivity index (χ4v) is 2.10.